The Morgan fingerprint density at radius 2 is 2.29 bits per heavy atom. The van der Waals surface area contributed by atoms with E-state index in [1.165, 1.54) is 0 Å². The summed E-state index contributed by atoms with van der Waals surface area (Å²) in [5.41, 5.74) is 0.453. The Labute approximate surface area is 134 Å². The molecule has 1 fully saturated rings. The summed E-state index contributed by atoms with van der Waals surface area (Å²) in [5.74, 6) is 0.669. The Bertz CT molecular complexity index is 515. The van der Waals surface area contributed by atoms with Crippen LogP contribution in [0.2, 0.25) is 0 Å². The zero-order valence-corrected chi connectivity index (χ0v) is 14.3. The van der Waals surface area contributed by atoms with Crippen molar-refractivity contribution in [2.75, 3.05) is 7.11 Å². The topological polar surface area (TPSA) is 46.5 Å². The molecule has 3 nitrogen and oxygen atoms in total. The van der Waals surface area contributed by atoms with Crippen molar-refractivity contribution in [3.05, 3.63) is 28.2 Å². The average Bonchev–Trinajstić information content (AvgIpc) is 2.47. The van der Waals surface area contributed by atoms with E-state index in [4.69, 9.17) is 4.74 Å². The minimum absolute atomic E-state index is 0.538. The van der Waals surface area contributed by atoms with Gasteiger partial charge in [-0.2, -0.15) is 0 Å². The molecule has 2 unspecified atom stereocenters. The molecule has 1 saturated carbocycles. The number of ether oxygens (including phenoxy) is 1. The molecule has 1 aliphatic rings. The summed E-state index contributed by atoms with van der Waals surface area (Å²) in [7, 11) is 1.63. The van der Waals surface area contributed by atoms with Crippen molar-refractivity contribution in [3.63, 3.8) is 0 Å². The van der Waals surface area contributed by atoms with E-state index in [2.05, 4.69) is 22.9 Å². The highest BCUT2D eigenvalue weighted by atomic mass is 79.9. The van der Waals surface area contributed by atoms with E-state index in [1.54, 1.807) is 7.11 Å². The highest BCUT2D eigenvalue weighted by Crippen LogP contribution is 2.44. The summed E-state index contributed by atoms with van der Waals surface area (Å²) in [6, 6.07) is 5.86. The van der Waals surface area contributed by atoms with Crippen molar-refractivity contribution in [1.29, 1.82) is 0 Å². The number of carboxylic acids is 1. The van der Waals surface area contributed by atoms with E-state index in [0.29, 0.717) is 12.3 Å². The molecule has 0 bridgehead atoms. The Balaban J connectivity index is 2.24. The van der Waals surface area contributed by atoms with Gasteiger partial charge in [0.1, 0.15) is 5.75 Å². The molecule has 0 amide bonds. The van der Waals surface area contributed by atoms with Gasteiger partial charge in [-0.3, -0.25) is 4.79 Å². The second-order valence-electron chi connectivity index (χ2n) is 6.10. The molecule has 1 N–H and O–H groups in total. The first-order valence-corrected chi connectivity index (χ1v) is 8.36. The smallest absolute Gasteiger partial charge is 0.309 e. The van der Waals surface area contributed by atoms with Crippen molar-refractivity contribution < 1.29 is 14.6 Å². The normalized spacial score (nSPS) is 25.6. The van der Waals surface area contributed by atoms with Gasteiger partial charge in [-0.1, -0.05) is 32.3 Å². The number of benzene rings is 1. The van der Waals surface area contributed by atoms with Crippen LogP contribution >= 0.6 is 15.9 Å². The number of carbonyl (C=O) groups is 1. The van der Waals surface area contributed by atoms with Crippen molar-refractivity contribution in [2.24, 2.45) is 11.3 Å². The van der Waals surface area contributed by atoms with Crippen LogP contribution in [-0.2, 0) is 11.2 Å². The molecule has 2 rings (SSSR count). The lowest BCUT2D eigenvalue weighted by atomic mass is 9.66. The van der Waals surface area contributed by atoms with Gasteiger partial charge in [0, 0.05) is 0 Å². The monoisotopic (exact) mass is 354 g/mol. The van der Waals surface area contributed by atoms with E-state index in [1.807, 2.05) is 18.2 Å². The van der Waals surface area contributed by atoms with Crippen LogP contribution in [0.25, 0.3) is 0 Å². The summed E-state index contributed by atoms with van der Waals surface area (Å²) in [6.07, 6.45) is 5.42. The van der Waals surface area contributed by atoms with Crippen LogP contribution in [0.4, 0.5) is 0 Å². The fourth-order valence-corrected chi connectivity index (χ4v) is 4.06. The van der Waals surface area contributed by atoms with Gasteiger partial charge in [0.15, 0.2) is 0 Å². The molecule has 0 aliphatic heterocycles. The summed E-state index contributed by atoms with van der Waals surface area (Å²) in [6.45, 7) is 2.16. The highest BCUT2D eigenvalue weighted by Gasteiger charge is 2.42. The van der Waals surface area contributed by atoms with Crippen LogP contribution in [0, 0.1) is 11.3 Å². The zero-order valence-electron chi connectivity index (χ0n) is 12.7. The van der Waals surface area contributed by atoms with Gasteiger partial charge in [-0.05, 0) is 58.8 Å². The fraction of sp³-hybridized carbons (Fsp3) is 0.588. The summed E-state index contributed by atoms with van der Waals surface area (Å²) < 4.78 is 6.11. The Morgan fingerprint density at radius 1 is 1.52 bits per heavy atom. The molecule has 0 saturated heterocycles. The zero-order chi connectivity index (χ0) is 15.5. The van der Waals surface area contributed by atoms with Crippen molar-refractivity contribution in [1.82, 2.24) is 0 Å². The number of rotatable bonds is 5. The van der Waals surface area contributed by atoms with E-state index in [-0.39, 0.29) is 0 Å². The van der Waals surface area contributed by atoms with Gasteiger partial charge in [0.05, 0.1) is 17.0 Å². The average molecular weight is 355 g/mol. The number of halogens is 1. The first kappa shape index (κ1) is 16.3. The number of methoxy groups -OCH3 is 1. The number of carboxylic acid groups (broad SMARTS) is 1. The van der Waals surface area contributed by atoms with E-state index < -0.39 is 11.4 Å². The lowest BCUT2D eigenvalue weighted by Gasteiger charge is -2.37. The molecule has 1 aromatic rings. The fourth-order valence-electron chi connectivity index (χ4n) is 3.48. The van der Waals surface area contributed by atoms with Gasteiger partial charge < -0.3 is 9.84 Å². The first-order valence-electron chi connectivity index (χ1n) is 7.56. The van der Waals surface area contributed by atoms with Crippen LogP contribution in [0.15, 0.2) is 22.7 Å². The van der Waals surface area contributed by atoms with Crippen LogP contribution in [0.3, 0.4) is 0 Å². The molecular formula is C17H23BrO3. The molecule has 1 aliphatic carbocycles. The maximum Gasteiger partial charge on any atom is 0.309 e. The van der Waals surface area contributed by atoms with Gasteiger partial charge >= 0.3 is 5.97 Å². The van der Waals surface area contributed by atoms with Gasteiger partial charge in [-0.15, -0.1) is 0 Å². The molecule has 4 heteroatoms. The number of hydrogen-bond donors (Lipinski definition) is 1. The molecular weight excluding hydrogens is 332 g/mol. The van der Waals surface area contributed by atoms with Crippen molar-refractivity contribution in [2.45, 2.75) is 45.4 Å². The van der Waals surface area contributed by atoms with Crippen molar-refractivity contribution in [3.8, 4) is 5.75 Å². The molecule has 2 atom stereocenters. The second-order valence-corrected chi connectivity index (χ2v) is 6.96. The van der Waals surface area contributed by atoms with E-state index >= 15 is 0 Å². The maximum absolute atomic E-state index is 11.9. The third-order valence-corrected chi connectivity index (χ3v) is 5.36. The van der Waals surface area contributed by atoms with Gasteiger partial charge in [0.2, 0.25) is 0 Å². The largest absolute Gasteiger partial charge is 0.496 e. The summed E-state index contributed by atoms with van der Waals surface area (Å²) in [5, 5.41) is 9.80. The number of hydrogen-bond acceptors (Lipinski definition) is 2. The van der Waals surface area contributed by atoms with Crippen LogP contribution in [0.1, 0.15) is 44.6 Å². The molecule has 0 heterocycles. The molecule has 116 valence electrons. The second kappa shape index (κ2) is 6.82. The van der Waals surface area contributed by atoms with E-state index in [9.17, 15) is 9.90 Å². The van der Waals surface area contributed by atoms with Gasteiger partial charge in [-0.25, -0.2) is 0 Å². The Morgan fingerprint density at radius 3 is 2.86 bits per heavy atom. The molecule has 21 heavy (non-hydrogen) atoms. The van der Waals surface area contributed by atoms with E-state index in [0.717, 1.165) is 47.9 Å². The predicted molar refractivity (Wildman–Crippen MR) is 86.7 cm³/mol. The Hall–Kier alpha value is -1.03. The third kappa shape index (κ3) is 3.60. The third-order valence-electron chi connectivity index (χ3n) is 4.74. The highest BCUT2D eigenvalue weighted by molar-refractivity contribution is 9.10. The minimum Gasteiger partial charge on any atom is -0.496 e. The molecule has 0 aromatic heterocycles. The SMILES string of the molecule is CCC1CCCC(Cc2ccc(OC)c(Br)c2)(C(=O)O)C1. The standard InChI is InChI=1S/C17H23BrO3/c1-3-12-5-4-8-17(10-12,16(19)20)11-13-6-7-15(21-2)14(18)9-13/h6-7,9,12H,3-5,8,10-11H2,1-2H3,(H,19,20). The minimum atomic E-state index is -0.646. The quantitative estimate of drug-likeness (QED) is 0.835. The summed E-state index contributed by atoms with van der Waals surface area (Å²) >= 11 is 3.48. The lowest BCUT2D eigenvalue weighted by molar-refractivity contribution is -0.152. The van der Waals surface area contributed by atoms with Crippen LogP contribution < -0.4 is 4.74 Å². The Kier molecular flexibility index (Phi) is 5.31. The first-order chi connectivity index (χ1) is 10.0. The van der Waals surface area contributed by atoms with Crippen LogP contribution in [0.5, 0.6) is 5.75 Å². The van der Waals surface area contributed by atoms with Gasteiger partial charge in [0.25, 0.3) is 0 Å². The number of aliphatic carboxylic acids is 1. The maximum atomic E-state index is 11.9. The van der Waals surface area contributed by atoms with Crippen molar-refractivity contribution >= 4 is 21.9 Å². The van der Waals surface area contributed by atoms with Crippen LogP contribution in [-0.4, -0.2) is 18.2 Å². The predicted octanol–water partition coefficient (Wildman–Crippen LogP) is 4.67. The molecule has 0 radical (unpaired) electrons. The lowest BCUT2D eigenvalue weighted by Crippen LogP contribution is -2.38. The summed E-state index contributed by atoms with van der Waals surface area (Å²) in [4.78, 5) is 11.9. The molecule has 1 aromatic carbocycles. The molecule has 0 spiro atoms.